The highest BCUT2D eigenvalue weighted by Gasteiger charge is 2.16. The average molecular weight is 357 g/mol. The number of carbonyl (C=O) groups excluding carboxylic acids is 1. The minimum atomic E-state index is -0.0540. The second-order valence-corrected chi connectivity index (χ2v) is 6.89. The molecule has 3 aromatic rings. The standard InChI is InChI=1S/C23H23N3O/c27-23(25-16-18-11-13-24-14-12-18)21-9-7-19(8-10-21)17-26-15-3-5-20-4-1-2-6-22(20)26/h1-2,4,6-14H,3,5,15-17H2,(H,25,27). The summed E-state index contributed by atoms with van der Waals surface area (Å²) in [6.07, 6.45) is 5.81. The second kappa shape index (κ2) is 8.04. The van der Waals surface area contributed by atoms with Crippen molar-refractivity contribution in [2.45, 2.75) is 25.9 Å². The summed E-state index contributed by atoms with van der Waals surface area (Å²) in [5.41, 5.74) is 5.71. The van der Waals surface area contributed by atoms with Crippen LogP contribution in [0.4, 0.5) is 5.69 Å². The maximum atomic E-state index is 12.3. The van der Waals surface area contributed by atoms with Crippen molar-refractivity contribution in [2.24, 2.45) is 0 Å². The van der Waals surface area contributed by atoms with E-state index in [1.807, 2.05) is 24.3 Å². The fourth-order valence-electron chi connectivity index (χ4n) is 3.54. The van der Waals surface area contributed by atoms with E-state index in [0.29, 0.717) is 12.1 Å². The average Bonchev–Trinajstić information content (AvgIpc) is 2.74. The number of carbonyl (C=O) groups is 1. The van der Waals surface area contributed by atoms with Gasteiger partial charge in [0.15, 0.2) is 0 Å². The van der Waals surface area contributed by atoms with Crippen LogP contribution in [-0.2, 0) is 19.5 Å². The molecule has 27 heavy (non-hydrogen) atoms. The monoisotopic (exact) mass is 357 g/mol. The zero-order chi connectivity index (χ0) is 18.5. The van der Waals surface area contributed by atoms with Crippen LogP contribution in [0.5, 0.6) is 0 Å². The van der Waals surface area contributed by atoms with Crippen molar-refractivity contribution in [2.75, 3.05) is 11.4 Å². The van der Waals surface area contributed by atoms with Crippen molar-refractivity contribution in [3.63, 3.8) is 0 Å². The van der Waals surface area contributed by atoms with E-state index in [2.05, 4.69) is 51.6 Å². The van der Waals surface area contributed by atoms with Gasteiger partial charge in [-0.25, -0.2) is 0 Å². The van der Waals surface area contributed by atoms with Crippen LogP contribution in [0, 0.1) is 0 Å². The van der Waals surface area contributed by atoms with Crippen LogP contribution in [0.25, 0.3) is 0 Å². The van der Waals surface area contributed by atoms with E-state index in [0.717, 1.165) is 25.1 Å². The molecule has 1 N–H and O–H groups in total. The zero-order valence-corrected chi connectivity index (χ0v) is 15.3. The SMILES string of the molecule is O=C(NCc1ccncc1)c1ccc(CN2CCCc3ccccc32)cc1. The number of aromatic nitrogens is 1. The largest absolute Gasteiger partial charge is 0.367 e. The molecule has 0 bridgehead atoms. The van der Waals surface area contributed by atoms with E-state index < -0.39 is 0 Å². The molecule has 2 aromatic carbocycles. The summed E-state index contributed by atoms with van der Waals surface area (Å²) in [7, 11) is 0. The molecule has 1 aromatic heterocycles. The predicted octanol–water partition coefficient (Wildman–Crippen LogP) is 3.96. The highest BCUT2D eigenvalue weighted by Crippen LogP contribution is 2.28. The third kappa shape index (κ3) is 4.17. The van der Waals surface area contributed by atoms with E-state index in [1.54, 1.807) is 12.4 Å². The molecule has 4 nitrogen and oxygen atoms in total. The Morgan fingerprint density at radius 1 is 0.963 bits per heavy atom. The number of aryl methyl sites for hydroxylation is 1. The van der Waals surface area contributed by atoms with Crippen LogP contribution in [0.2, 0.25) is 0 Å². The lowest BCUT2D eigenvalue weighted by molar-refractivity contribution is 0.0951. The first-order chi connectivity index (χ1) is 13.3. The lowest BCUT2D eigenvalue weighted by Gasteiger charge is -2.31. The van der Waals surface area contributed by atoms with Crippen LogP contribution >= 0.6 is 0 Å². The quantitative estimate of drug-likeness (QED) is 0.752. The van der Waals surface area contributed by atoms with E-state index in [4.69, 9.17) is 0 Å². The Bertz CT molecular complexity index is 906. The van der Waals surface area contributed by atoms with Crippen molar-refractivity contribution < 1.29 is 4.79 Å². The zero-order valence-electron chi connectivity index (χ0n) is 15.3. The van der Waals surface area contributed by atoms with Gasteiger partial charge in [0.25, 0.3) is 5.91 Å². The highest BCUT2D eigenvalue weighted by molar-refractivity contribution is 5.94. The fourth-order valence-corrected chi connectivity index (χ4v) is 3.54. The first-order valence-electron chi connectivity index (χ1n) is 9.38. The van der Waals surface area contributed by atoms with E-state index in [-0.39, 0.29) is 5.91 Å². The summed E-state index contributed by atoms with van der Waals surface area (Å²) < 4.78 is 0. The van der Waals surface area contributed by atoms with E-state index >= 15 is 0 Å². The van der Waals surface area contributed by atoms with E-state index in [1.165, 1.54) is 23.2 Å². The molecule has 0 atom stereocenters. The van der Waals surface area contributed by atoms with Crippen LogP contribution in [0.1, 0.15) is 33.5 Å². The lowest BCUT2D eigenvalue weighted by atomic mass is 10.0. The molecule has 1 amide bonds. The number of amides is 1. The maximum Gasteiger partial charge on any atom is 0.251 e. The minimum absolute atomic E-state index is 0.0540. The predicted molar refractivity (Wildman–Crippen MR) is 108 cm³/mol. The summed E-state index contributed by atoms with van der Waals surface area (Å²) >= 11 is 0. The van der Waals surface area contributed by atoms with Crippen molar-refractivity contribution in [1.82, 2.24) is 10.3 Å². The summed E-state index contributed by atoms with van der Waals surface area (Å²) in [4.78, 5) is 18.8. The lowest BCUT2D eigenvalue weighted by Crippen LogP contribution is -2.28. The molecule has 4 heteroatoms. The summed E-state index contributed by atoms with van der Waals surface area (Å²) in [6.45, 7) is 2.45. The first kappa shape index (κ1) is 17.3. The highest BCUT2D eigenvalue weighted by atomic mass is 16.1. The number of hydrogen-bond acceptors (Lipinski definition) is 3. The van der Waals surface area contributed by atoms with Gasteiger partial charge in [-0.05, 0) is 59.9 Å². The molecule has 0 unspecified atom stereocenters. The Morgan fingerprint density at radius 3 is 2.56 bits per heavy atom. The Balaban J connectivity index is 1.39. The smallest absolute Gasteiger partial charge is 0.251 e. The van der Waals surface area contributed by atoms with Crippen molar-refractivity contribution in [3.8, 4) is 0 Å². The number of anilines is 1. The van der Waals surface area contributed by atoms with Gasteiger partial charge in [-0.1, -0.05) is 30.3 Å². The first-order valence-corrected chi connectivity index (χ1v) is 9.38. The third-order valence-corrected chi connectivity index (χ3v) is 5.00. The number of fused-ring (bicyclic) bond motifs is 1. The van der Waals surface area contributed by atoms with Crippen molar-refractivity contribution >= 4 is 11.6 Å². The van der Waals surface area contributed by atoms with Gasteiger partial charge in [0.2, 0.25) is 0 Å². The normalized spacial score (nSPS) is 13.1. The van der Waals surface area contributed by atoms with Crippen LogP contribution in [0.3, 0.4) is 0 Å². The molecule has 0 fully saturated rings. The maximum absolute atomic E-state index is 12.3. The number of nitrogens with one attached hydrogen (secondary N) is 1. The van der Waals surface area contributed by atoms with Crippen LogP contribution < -0.4 is 10.2 Å². The number of hydrogen-bond donors (Lipinski definition) is 1. The van der Waals surface area contributed by atoms with Gasteiger partial charge in [-0.3, -0.25) is 9.78 Å². The molecule has 0 aliphatic carbocycles. The molecule has 0 spiro atoms. The van der Waals surface area contributed by atoms with Gasteiger partial charge in [0.1, 0.15) is 0 Å². The van der Waals surface area contributed by atoms with Crippen LogP contribution in [0.15, 0.2) is 73.1 Å². The van der Waals surface area contributed by atoms with E-state index in [9.17, 15) is 4.79 Å². The topological polar surface area (TPSA) is 45.2 Å². The Morgan fingerprint density at radius 2 is 1.74 bits per heavy atom. The third-order valence-electron chi connectivity index (χ3n) is 5.00. The van der Waals surface area contributed by atoms with Gasteiger partial charge in [0, 0.05) is 43.3 Å². The van der Waals surface area contributed by atoms with Crippen LogP contribution in [-0.4, -0.2) is 17.4 Å². The number of benzene rings is 2. The number of rotatable bonds is 5. The molecular formula is C23H23N3O. The number of pyridine rings is 1. The van der Waals surface area contributed by atoms with Gasteiger partial charge in [-0.2, -0.15) is 0 Å². The van der Waals surface area contributed by atoms with Crippen molar-refractivity contribution in [3.05, 3.63) is 95.3 Å². The Labute approximate surface area is 159 Å². The van der Waals surface area contributed by atoms with Gasteiger partial charge >= 0.3 is 0 Å². The van der Waals surface area contributed by atoms with Crippen molar-refractivity contribution in [1.29, 1.82) is 0 Å². The molecule has 1 aliphatic rings. The second-order valence-electron chi connectivity index (χ2n) is 6.89. The van der Waals surface area contributed by atoms with Gasteiger partial charge in [0.05, 0.1) is 0 Å². The molecular weight excluding hydrogens is 334 g/mol. The van der Waals surface area contributed by atoms with Gasteiger partial charge < -0.3 is 10.2 Å². The molecule has 136 valence electrons. The Kier molecular flexibility index (Phi) is 5.15. The molecule has 2 heterocycles. The molecule has 0 saturated heterocycles. The molecule has 0 radical (unpaired) electrons. The van der Waals surface area contributed by atoms with Gasteiger partial charge in [-0.15, -0.1) is 0 Å². The fraction of sp³-hybridized carbons (Fsp3) is 0.217. The Hall–Kier alpha value is -3.14. The molecule has 1 aliphatic heterocycles. The summed E-state index contributed by atoms with van der Waals surface area (Å²) in [6, 6.07) is 20.4. The molecule has 0 saturated carbocycles. The minimum Gasteiger partial charge on any atom is -0.367 e. The molecule has 4 rings (SSSR count). The number of nitrogens with zero attached hydrogens (tertiary/aromatic N) is 2. The number of para-hydroxylation sites is 1. The summed E-state index contributed by atoms with van der Waals surface area (Å²) in [5.74, 6) is -0.0540. The summed E-state index contributed by atoms with van der Waals surface area (Å²) in [5, 5.41) is 2.95.